The van der Waals surface area contributed by atoms with E-state index in [0.717, 1.165) is 12.1 Å². The lowest BCUT2D eigenvalue weighted by Gasteiger charge is -2.16. The van der Waals surface area contributed by atoms with Crippen molar-refractivity contribution in [3.8, 4) is 0 Å². The predicted molar refractivity (Wildman–Crippen MR) is 106 cm³/mol. The summed E-state index contributed by atoms with van der Waals surface area (Å²) in [6.07, 6.45) is 0.958. The molecule has 0 radical (unpaired) electrons. The Morgan fingerprint density at radius 2 is 1.50 bits per heavy atom. The fourth-order valence-electron chi connectivity index (χ4n) is 3.09. The van der Waals surface area contributed by atoms with Gasteiger partial charge >= 0.3 is 0 Å². The predicted octanol–water partition coefficient (Wildman–Crippen LogP) is 3.54. The van der Waals surface area contributed by atoms with E-state index in [1.54, 1.807) is 0 Å². The van der Waals surface area contributed by atoms with Crippen molar-refractivity contribution in [1.82, 2.24) is 0 Å². The van der Waals surface area contributed by atoms with Crippen LogP contribution in [-0.2, 0) is 11.2 Å². The molecular weight excluding hydrogens is 320 g/mol. The van der Waals surface area contributed by atoms with E-state index in [-0.39, 0.29) is 11.9 Å². The van der Waals surface area contributed by atoms with Gasteiger partial charge in [0.2, 0.25) is 0 Å². The van der Waals surface area contributed by atoms with Crippen molar-refractivity contribution in [2.75, 3.05) is 11.9 Å². The second kappa shape index (κ2) is 8.97. The molecule has 3 nitrogen and oxygen atoms in total. The zero-order valence-corrected chi connectivity index (χ0v) is 15.1. The molecule has 0 aliphatic carbocycles. The van der Waals surface area contributed by atoms with Gasteiger partial charge in [0.05, 0.1) is 0 Å². The highest BCUT2D eigenvalue weighted by atomic mass is 16.1. The number of nitrogens with one attached hydrogen (secondary N) is 1. The summed E-state index contributed by atoms with van der Waals surface area (Å²) in [7, 11) is 0. The Balaban J connectivity index is 1.68. The van der Waals surface area contributed by atoms with Crippen LogP contribution in [0.4, 0.5) is 5.69 Å². The Labute approximate surface area is 155 Å². The van der Waals surface area contributed by atoms with E-state index in [0.29, 0.717) is 6.54 Å². The number of carbonyl (C=O) groups excluding carboxylic acids is 1. The zero-order chi connectivity index (χ0) is 18.2. The molecule has 0 fully saturated rings. The summed E-state index contributed by atoms with van der Waals surface area (Å²) in [5.74, 6) is 0.00937. The van der Waals surface area contributed by atoms with Crippen LogP contribution in [0.5, 0.6) is 0 Å². The molecule has 0 saturated heterocycles. The number of benzene rings is 3. The molecule has 132 valence electrons. The molecule has 0 unspecified atom stereocenters. The largest absolute Gasteiger partial charge is 0.328 e. The number of hydrogen-bond donors (Lipinski definition) is 2. The molecule has 3 heteroatoms. The van der Waals surface area contributed by atoms with E-state index in [2.05, 4.69) is 47.9 Å². The molecule has 26 heavy (non-hydrogen) atoms. The molecule has 3 aromatic rings. The van der Waals surface area contributed by atoms with E-state index in [1.165, 1.54) is 16.7 Å². The molecule has 0 atom stereocenters. The third kappa shape index (κ3) is 4.80. The molecule has 0 aromatic heterocycles. The summed E-state index contributed by atoms with van der Waals surface area (Å²) >= 11 is 0. The van der Waals surface area contributed by atoms with Crippen LogP contribution in [0.2, 0.25) is 0 Å². The first-order chi connectivity index (χ1) is 12.8. The van der Waals surface area contributed by atoms with Gasteiger partial charge in [0, 0.05) is 16.8 Å². The van der Waals surface area contributed by atoms with Crippen LogP contribution in [0.1, 0.15) is 29.7 Å². The summed E-state index contributed by atoms with van der Waals surface area (Å²) in [5.41, 5.74) is 4.47. The van der Waals surface area contributed by atoms with Crippen LogP contribution in [0.3, 0.4) is 0 Å². The zero-order valence-electron chi connectivity index (χ0n) is 15.1. The van der Waals surface area contributed by atoms with Gasteiger partial charge in [-0.25, -0.2) is 0 Å². The molecule has 0 aliphatic rings. The number of carbonyl (C=O) groups is 1. The number of hydrogen-bond acceptors (Lipinski definition) is 1. The monoisotopic (exact) mass is 345 g/mol. The van der Waals surface area contributed by atoms with Gasteiger partial charge in [-0.3, -0.25) is 4.79 Å². The third-order valence-corrected chi connectivity index (χ3v) is 4.48. The Bertz CT molecular complexity index is 792. The Hall–Kier alpha value is -2.91. The van der Waals surface area contributed by atoms with Crippen molar-refractivity contribution < 1.29 is 10.1 Å². The summed E-state index contributed by atoms with van der Waals surface area (Å²) in [6, 6.07) is 28.7. The molecule has 1 amide bonds. The number of rotatable bonds is 7. The average Bonchev–Trinajstić information content (AvgIpc) is 2.70. The lowest BCUT2D eigenvalue weighted by Crippen LogP contribution is -2.87. The molecule has 0 saturated carbocycles. The molecule has 3 aromatic carbocycles. The molecule has 3 rings (SSSR count). The Kier molecular flexibility index (Phi) is 6.18. The highest BCUT2D eigenvalue weighted by Crippen LogP contribution is 2.17. The summed E-state index contributed by atoms with van der Waals surface area (Å²) in [6.45, 7) is 2.48. The van der Waals surface area contributed by atoms with Crippen molar-refractivity contribution in [2.45, 2.75) is 19.4 Å². The van der Waals surface area contributed by atoms with Crippen molar-refractivity contribution in [1.29, 1.82) is 0 Å². The topological polar surface area (TPSA) is 45.7 Å². The summed E-state index contributed by atoms with van der Waals surface area (Å²) in [5, 5.41) is 5.09. The van der Waals surface area contributed by atoms with Crippen LogP contribution >= 0.6 is 0 Å². The molecule has 0 bridgehead atoms. The van der Waals surface area contributed by atoms with Crippen molar-refractivity contribution in [3.05, 3.63) is 102 Å². The van der Waals surface area contributed by atoms with Crippen LogP contribution in [0.25, 0.3) is 0 Å². The average molecular weight is 345 g/mol. The number of nitrogens with two attached hydrogens (primary N) is 1. The number of amides is 1. The van der Waals surface area contributed by atoms with Crippen LogP contribution < -0.4 is 10.6 Å². The fourth-order valence-corrected chi connectivity index (χ4v) is 3.09. The highest BCUT2D eigenvalue weighted by molar-refractivity contribution is 5.91. The quantitative estimate of drug-likeness (QED) is 0.676. The second-order valence-electron chi connectivity index (χ2n) is 6.34. The van der Waals surface area contributed by atoms with E-state index < -0.39 is 0 Å². The van der Waals surface area contributed by atoms with Gasteiger partial charge in [0.15, 0.2) is 6.54 Å². The second-order valence-corrected chi connectivity index (χ2v) is 6.34. The van der Waals surface area contributed by atoms with Gasteiger partial charge in [0.25, 0.3) is 5.91 Å². The highest BCUT2D eigenvalue weighted by Gasteiger charge is 2.18. The minimum atomic E-state index is 0.00937. The Morgan fingerprint density at radius 1 is 0.885 bits per heavy atom. The molecule has 0 heterocycles. The minimum absolute atomic E-state index is 0.00937. The first-order valence-corrected chi connectivity index (χ1v) is 9.08. The standard InChI is InChI=1S/C23H24N2O/c1-2-18-10-9-15-21(16-18)25-22(26)17-24-23(19-11-5-3-6-12-19)20-13-7-4-8-14-20/h3-16,23-24H,2,17H2,1H3,(H,25,26)/p+1. The lowest BCUT2D eigenvalue weighted by molar-refractivity contribution is -0.676. The van der Waals surface area contributed by atoms with E-state index in [4.69, 9.17) is 0 Å². The van der Waals surface area contributed by atoms with Crippen molar-refractivity contribution in [2.24, 2.45) is 0 Å². The van der Waals surface area contributed by atoms with E-state index in [1.807, 2.05) is 54.6 Å². The van der Waals surface area contributed by atoms with Gasteiger partial charge < -0.3 is 10.6 Å². The number of quaternary nitrogens is 1. The SMILES string of the molecule is CCc1cccc(NC(=O)C[NH2+]C(c2ccccc2)c2ccccc2)c1. The molecular formula is C23H25N2O+. The van der Waals surface area contributed by atoms with Crippen molar-refractivity contribution in [3.63, 3.8) is 0 Å². The maximum absolute atomic E-state index is 12.4. The smallest absolute Gasteiger partial charge is 0.279 e. The lowest BCUT2D eigenvalue weighted by atomic mass is 9.99. The molecule has 0 aliphatic heterocycles. The van der Waals surface area contributed by atoms with E-state index in [9.17, 15) is 4.79 Å². The Morgan fingerprint density at radius 3 is 2.08 bits per heavy atom. The van der Waals surface area contributed by atoms with Crippen LogP contribution in [0, 0.1) is 0 Å². The summed E-state index contributed by atoms with van der Waals surface area (Å²) in [4.78, 5) is 12.4. The maximum Gasteiger partial charge on any atom is 0.279 e. The fraction of sp³-hybridized carbons (Fsp3) is 0.174. The first kappa shape index (κ1) is 17.9. The number of anilines is 1. The number of aryl methyl sites for hydroxylation is 1. The maximum atomic E-state index is 12.4. The van der Waals surface area contributed by atoms with Gasteiger partial charge in [0.1, 0.15) is 6.04 Å². The van der Waals surface area contributed by atoms with Crippen molar-refractivity contribution >= 4 is 11.6 Å². The molecule has 0 spiro atoms. The van der Waals surface area contributed by atoms with Gasteiger partial charge in [-0.2, -0.15) is 0 Å². The van der Waals surface area contributed by atoms with Crippen LogP contribution in [-0.4, -0.2) is 12.5 Å². The summed E-state index contributed by atoms with van der Waals surface area (Å²) < 4.78 is 0. The van der Waals surface area contributed by atoms with E-state index >= 15 is 0 Å². The first-order valence-electron chi connectivity index (χ1n) is 9.08. The normalized spacial score (nSPS) is 10.7. The third-order valence-electron chi connectivity index (χ3n) is 4.48. The van der Waals surface area contributed by atoms with Gasteiger partial charge in [-0.15, -0.1) is 0 Å². The van der Waals surface area contributed by atoms with Gasteiger partial charge in [-0.05, 0) is 24.1 Å². The van der Waals surface area contributed by atoms with Gasteiger partial charge in [-0.1, -0.05) is 79.7 Å². The minimum Gasteiger partial charge on any atom is -0.328 e. The molecule has 3 N–H and O–H groups in total. The van der Waals surface area contributed by atoms with Crippen LogP contribution in [0.15, 0.2) is 84.9 Å².